The predicted molar refractivity (Wildman–Crippen MR) is 78.9 cm³/mol. The van der Waals surface area contributed by atoms with Crippen LogP contribution in [0.1, 0.15) is 5.82 Å². The highest BCUT2D eigenvalue weighted by Crippen LogP contribution is 2.24. The minimum Gasteiger partial charge on any atom is -0.352 e. The number of nitrogens with zero attached hydrogens (tertiary/aromatic N) is 6. The zero-order valence-corrected chi connectivity index (χ0v) is 12.3. The van der Waals surface area contributed by atoms with Gasteiger partial charge < -0.3 is 15.5 Å². The van der Waals surface area contributed by atoms with Crippen LogP contribution in [0.25, 0.3) is 11.0 Å². The lowest BCUT2D eigenvalue weighted by molar-refractivity contribution is -0.129. The molecule has 1 saturated heterocycles. The highest BCUT2D eigenvalue weighted by Gasteiger charge is 2.23. The second-order valence-electron chi connectivity index (χ2n) is 5.17. The molecule has 8 nitrogen and oxygen atoms in total. The average molecular weight is 289 g/mol. The molecule has 2 aromatic rings. The van der Waals surface area contributed by atoms with Crippen LogP contribution in [0.4, 0.5) is 5.82 Å². The number of rotatable bonds is 2. The van der Waals surface area contributed by atoms with Crippen LogP contribution >= 0.6 is 0 Å². The lowest BCUT2D eigenvalue weighted by Crippen LogP contribution is -2.50. The molecule has 0 aromatic carbocycles. The third-order valence-corrected chi connectivity index (χ3v) is 3.79. The first-order valence-corrected chi connectivity index (χ1v) is 6.99. The number of nitrogens with two attached hydrogens (primary N) is 1. The van der Waals surface area contributed by atoms with E-state index in [-0.39, 0.29) is 12.5 Å². The van der Waals surface area contributed by atoms with Crippen LogP contribution in [-0.4, -0.2) is 63.3 Å². The minimum absolute atomic E-state index is 0.0000396. The fourth-order valence-electron chi connectivity index (χ4n) is 2.65. The van der Waals surface area contributed by atoms with Gasteiger partial charge in [-0.05, 0) is 6.92 Å². The van der Waals surface area contributed by atoms with Crippen LogP contribution in [0.2, 0.25) is 0 Å². The second kappa shape index (κ2) is 5.28. The van der Waals surface area contributed by atoms with E-state index >= 15 is 0 Å². The van der Waals surface area contributed by atoms with E-state index in [0.29, 0.717) is 13.1 Å². The summed E-state index contributed by atoms with van der Waals surface area (Å²) in [4.78, 5) is 24.6. The Hall–Kier alpha value is -2.22. The Labute approximate surface area is 122 Å². The van der Waals surface area contributed by atoms with Crippen molar-refractivity contribution in [3.63, 3.8) is 0 Å². The van der Waals surface area contributed by atoms with E-state index in [4.69, 9.17) is 5.73 Å². The number of hydrogen-bond acceptors (Lipinski definition) is 6. The van der Waals surface area contributed by atoms with Gasteiger partial charge in [0.15, 0.2) is 5.65 Å². The molecule has 8 heteroatoms. The lowest BCUT2D eigenvalue weighted by Gasteiger charge is -2.35. The Bertz CT molecular complexity index is 672. The van der Waals surface area contributed by atoms with E-state index < -0.39 is 0 Å². The van der Waals surface area contributed by atoms with E-state index in [9.17, 15) is 4.79 Å². The molecule has 1 fully saturated rings. The van der Waals surface area contributed by atoms with Crippen molar-refractivity contribution in [3.05, 3.63) is 12.0 Å². The van der Waals surface area contributed by atoms with Crippen LogP contribution in [-0.2, 0) is 11.8 Å². The van der Waals surface area contributed by atoms with Crippen molar-refractivity contribution in [2.24, 2.45) is 12.8 Å². The summed E-state index contributed by atoms with van der Waals surface area (Å²) in [6.45, 7) is 4.77. The van der Waals surface area contributed by atoms with E-state index in [1.165, 1.54) is 0 Å². The maximum atomic E-state index is 11.6. The quantitative estimate of drug-likeness (QED) is 0.784. The molecule has 112 valence electrons. The van der Waals surface area contributed by atoms with Crippen LogP contribution in [0.3, 0.4) is 0 Å². The van der Waals surface area contributed by atoms with E-state index in [0.717, 1.165) is 35.8 Å². The largest absolute Gasteiger partial charge is 0.352 e. The van der Waals surface area contributed by atoms with Gasteiger partial charge in [-0.25, -0.2) is 9.97 Å². The molecule has 2 N–H and O–H groups in total. The van der Waals surface area contributed by atoms with Crippen molar-refractivity contribution in [1.29, 1.82) is 0 Å². The third-order valence-electron chi connectivity index (χ3n) is 3.79. The van der Waals surface area contributed by atoms with Crippen molar-refractivity contribution < 1.29 is 4.79 Å². The maximum absolute atomic E-state index is 11.6. The van der Waals surface area contributed by atoms with Gasteiger partial charge in [0.1, 0.15) is 11.6 Å². The highest BCUT2D eigenvalue weighted by molar-refractivity contribution is 5.87. The number of anilines is 1. The Morgan fingerprint density at radius 1 is 1.29 bits per heavy atom. The van der Waals surface area contributed by atoms with Gasteiger partial charge >= 0.3 is 0 Å². The monoisotopic (exact) mass is 289 g/mol. The second-order valence-corrected chi connectivity index (χ2v) is 5.17. The number of aryl methyl sites for hydroxylation is 2. The van der Waals surface area contributed by atoms with E-state index in [1.807, 2.05) is 14.0 Å². The number of carbonyl (C=O) groups is 1. The highest BCUT2D eigenvalue weighted by atomic mass is 16.2. The molecule has 21 heavy (non-hydrogen) atoms. The molecule has 0 bridgehead atoms. The number of piperazine rings is 1. The maximum Gasteiger partial charge on any atom is 0.236 e. The van der Waals surface area contributed by atoms with Gasteiger partial charge in [0.2, 0.25) is 5.91 Å². The normalized spacial score (nSPS) is 15.8. The third kappa shape index (κ3) is 2.42. The summed E-state index contributed by atoms with van der Waals surface area (Å²) in [6, 6.07) is 0. The molecule has 0 unspecified atom stereocenters. The summed E-state index contributed by atoms with van der Waals surface area (Å²) in [5, 5.41) is 5.20. The summed E-state index contributed by atoms with van der Waals surface area (Å²) in [7, 11) is 1.87. The van der Waals surface area contributed by atoms with Crippen LogP contribution in [0, 0.1) is 6.92 Å². The lowest BCUT2D eigenvalue weighted by atomic mass is 10.2. The van der Waals surface area contributed by atoms with Gasteiger partial charge in [0, 0.05) is 33.2 Å². The molecule has 0 radical (unpaired) electrons. The molecule has 3 rings (SSSR count). The molecule has 0 atom stereocenters. The topological polar surface area (TPSA) is 93.2 Å². The van der Waals surface area contributed by atoms with Crippen molar-refractivity contribution in [3.8, 4) is 0 Å². The zero-order chi connectivity index (χ0) is 15.0. The van der Waals surface area contributed by atoms with Gasteiger partial charge in [0.05, 0.1) is 18.1 Å². The van der Waals surface area contributed by atoms with Gasteiger partial charge in [-0.15, -0.1) is 0 Å². The van der Waals surface area contributed by atoms with E-state index in [1.54, 1.807) is 15.8 Å². The van der Waals surface area contributed by atoms with Crippen molar-refractivity contribution in [2.45, 2.75) is 6.92 Å². The number of fused-ring (bicyclic) bond motifs is 1. The molecule has 1 amide bonds. The Kier molecular flexibility index (Phi) is 3.46. The van der Waals surface area contributed by atoms with Crippen molar-refractivity contribution >= 4 is 22.8 Å². The first-order valence-electron chi connectivity index (χ1n) is 6.99. The van der Waals surface area contributed by atoms with Crippen molar-refractivity contribution in [1.82, 2.24) is 24.6 Å². The summed E-state index contributed by atoms with van der Waals surface area (Å²) in [5.41, 5.74) is 6.24. The zero-order valence-electron chi connectivity index (χ0n) is 12.3. The number of hydrogen-bond donors (Lipinski definition) is 1. The Balaban J connectivity index is 1.87. The Morgan fingerprint density at radius 3 is 2.67 bits per heavy atom. The number of carbonyl (C=O) groups excluding carboxylic acids is 1. The van der Waals surface area contributed by atoms with E-state index in [2.05, 4.69) is 20.0 Å². The summed E-state index contributed by atoms with van der Waals surface area (Å²) in [6.07, 6.45) is 1.79. The molecular formula is C13H19N7O. The first kappa shape index (κ1) is 13.7. The van der Waals surface area contributed by atoms with Crippen LogP contribution in [0.15, 0.2) is 6.20 Å². The smallest absolute Gasteiger partial charge is 0.236 e. The fraction of sp³-hybridized carbons (Fsp3) is 0.538. The molecule has 3 heterocycles. The molecule has 1 aliphatic heterocycles. The molecular weight excluding hydrogens is 270 g/mol. The van der Waals surface area contributed by atoms with Gasteiger partial charge in [0.25, 0.3) is 0 Å². The predicted octanol–water partition coefficient (Wildman–Crippen LogP) is -0.721. The van der Waals surface area contributed by atoms with Crippen molar-refractivity contribution in [2.75, 3.05) is 37.6 Å². The SMILES string of the molecule is Cc1nc(N2CCN(C(=O)CN)CC2)c2cnn(C)c2n1. The summed E-state index contributed by atoms with van der Waals surface area (Å²) < 4.78 is 1.75. The van der Waals surface area contributed by atoms with Crippen LogP contribution in [0.5, 0.6) is 0 Å². The minimum atomic E-state index is 0.0000396. The molecule has 2 aromatic heterocycles. The van der Waals surface area contributed by atoms with Gasteiger partial charge in [-0.2, -0.15) is 5.10 Å². The summed E-state index contributed by atoms with van der Waals surface area (Å²) in [5.74, 6) is 1.62. The molecule has 0 saturated carbocycles. The molecule has 0 spiro atoms. The molecule has 0 aliphatic carbocycles. The first-order chi connectivity index (χ1) is 10.1. The number of aromatic nitrogens is 4. The number of amides is 1. The van der Waals surface area contributed by atoms with Crippen LogP contribution < -0.4 is 10.6 Å². The standard InChI is InChI=1S/C13H19N7O/c1-9-16-12-10(8-15-18(12)2)13(17-9)20-5-3-19(4-6-20)11(21)7-14/h8H,3-7,14H2,1-2H3. The fourth-order valence-corrected chi connectivity index (χ4v) is 2.65. The van der Waals surface area contributed by atoms with Gasteiger partial charge in [-0.3, -0.25) is 9.48 Å². The average Bonchev–Trinajstić information content (AvgIpc) is 2.87. The Morgan fingerprint density at radius 2 is 2.00 bits per heavy atom. The summed E-state index contributed by atoms with van der Waals surface area (Å²) >= 11 is 0. The molecule has 1 aliphatic rings. The van der Waals surface area contributed by atoms with Gasteiger partial charge in [-0.1, -0.05) is 0 Å².